The van der Waals surface area contributed by atoms with Crippen LogP contribution in [0.1, 0.15) is 17.0 Å². The maximum absolute atomic E-state index is 13.1. The lowest BCUT2D eigenvalue weighted by atomic mass is 9.93. The number of rotatable bonds is 4. The van der Waals surface area contributed by atoms with Crippen LogP contribution in [0.3, 0.4) is 0 Å². The Morgan fingerprint density at radius 1 is 1.22 bits per heavy atom. The van der Waals surface area contributed by atoms with Crippen LogP contribution in [0.15, 0.2) is 53.1 Å². The number of halogens is 1. The molecule has 0 bridgehead atoms. The minimum absolute atomic E-state index is 0.0391. The van der Waals surface area contributed by atoms with E-state index in [0.717, 1.165) is 0 Å². The third kappa shape index (κ3) is 3.59. The molecule has 3 aromatic rings. The number of carbonyl (C=O) groups is 1. The van der Waals surface area contributed by atoms with Crippen molar-refractivity contribution in [3.05, 3.63) is 71.4 Å². The van der Waals surface area contributed by atoms with Gasteiger partial charge < -0.3 is 9.84 Å². The van der Waals surface area contributed by atoms with Crippen molar-refractivity contribution >= 4 is 5.91 Å². The summed E-state index contributed by atoms with van der Waals surface area (Å²) < 4.78 is 18.5. The molecule has 1 unspecified atom stereocenters. The van der Waals surface area contributed by atoms with Crippen LogP contribution >= 0.6 is 0 Å². The Labute approximate surface area is 156 Å². The minimum atomic E-state index is -0.317. The Hall–Kier alpha value is -3.06. The summed E-state index contributed by atoms with van der Waals surface area (Å²) in [6, 6.07) is 13.7. The van der Waals surface area contributed by atoms with Crippen LogP contribution < -0.4 is 5.32 Å². The first-order valence-corrected chi connectivity index (χ1v) is 8.75. The molecule has 27 heavy (non-hydrogen) atoms. The van der Waals surface area contributed by atoms with Gasteiger partial charge in [0.1, 0.15) is 5.82 Å². The molecule has 7 heteroatoms. The lowest BCUT2D eigenvalue weighted by Crippen LogP contribution is -2.49. The zero-order valence-electron chi connectivity index (χ0n) is 14.9. The van der Waals surface area contributed by atoms with Crippen LogP contribution in [0.25, 0.3) is 11.4 Å². The van der Waals surface area contributed by atoms with E-state index >= 15 is 0 Å². The number of carbonyl (C=O) groups excluding carboxylic acids is 1. The molecule has 1 N–H and O–H groups in total. The lowest BCUT2D eigenvalue weighted by Gasteiger charge is -2.34. The zero-order chi connectivity index (χ0) is 18.8. The fourth-order valence-electron chi connectivity index (χ4n) is 3.38. The molecular formula is C20H19FN4O2. The van der Waals surface area contributed by atoms with Crippen LogP contribution in [-0.4, -0.2) is 34.0 Å². The van der Waals surface area contributed by atoms with Gasteiger partial charge in [-0.15, -0.1) is 0 Å². The molecule has 6 nitrogen and oxygen atoms in total. The van der Waals surface area contributed by atoms with Gasteiger partial charge in [-0.2, -0.15) is 4.98 Å². The quantitative estimate of drug-likeness (QED) is 0.768. The SMILES string of the molecule is CNC(=O)C1Cc2ccccc2CN1Cc1nc(-c2ccc(F)cc2)no1. The van der Waals surface area contributed by atoms with E-state index in [1.165, 1.54) is 23.3 Å². The summed E-state index contributed by atoms with van der Waals surface area (Å²) in [5.41, 5.74) is 3.05. The van der Waals surface area contributed by atoms with Crippen molar-refractivity contribution in [3.8, 4) is 11.4 Å². The third-order valence-electron chi connectivity index (χ3n) is 4.80. The molecule has 138 valence electrons. The van der Waals surface area contributed by atoms with E-state index in [-0.39, 0.29) is 17.8 Å². The normalized spacial score (nSPS) is 16.7. The third-order valence-corrected chi connectivity index (χ3v) is 4.80. The molecule has 1 aromatic heterocycles. The van der Waals surface area contributed by atoms with Crippen molar-refractivity contribution in [2.24, 2.45) is 0 Å². The molecule has 1 aliphatic heterocycles. The van der Waals surface area contributed by atoms with Crippen molar-refractivity contribution in [1.29, 1.82) is 0 Å². The summed E-state index contributed by atoms with van der Waals surface area (Å²) in [5, 5.41) is 6.72. The molecule has 0 aliphatic carbocycles. The van der Waals surface area contributed by atoms with Crippen molar-refractivity contribution in [3.63, 3.8) is 0 Å². The van der Waals surface area contributed by atoms with Gasteiger partial charge in [0.15, 0.2) is 0 Å². The van der Waals surface area contributed by atoms with Crippen LogP contribution in [0.4, 0.5) is 4.39 Å². The Morgan fingerprint density at radius 3 is 2.70 bits per heavy atom. The summed E-state index contributed by atoms with van der Waals surface area (Å²) in [6.07, 6.45) is 0.634. The first kappa shape index (κ1) is 17.4. The Morgan fingerprint density at radius 2 is 1.96 bits per heavy atom. The van der Waals surface area contributed by atoms with Crippen molar-refractivity contribution < 1.29 is 13.7 Å². The highest BCUT2D eigenvalue weighted by Crippen LogP contribution is 2.25. The molecule has 0 radical (unpaired) electrons. The van der Waals surface area contributed by atoms with E-state index < -0.39 is 0 Å². The van der Waals surface area contributed by atoms with Gasteiger partial charge in [-0.05, 0) is 41.8 Å². The molecule has 0 saturated carbocycles. The molecule has 4 rings (SSSR count). The smallest absolute Gasteiger partial charge is 0.241 e. The molecule has 2 aromatic carbocycles. The second-order valence-electron chi connectivity index (χ2n) is 6.53. The fraction of sp³-hybridized carbons (Fsp3) is 0.250. The number of likely N-dealkylation sites (N-methyl/N-ethyl adjacent to an activating group) is 1. The summed E-state index contributed by atoms with van der Waals surface area (Å²) >= 11 is 0. The first-order valence-electron chi connectivity index (χ1n) is 8.75. The van der Waals surface area contributed by atoms with Gasteiger partial charge in [0.05, 0.1) is 12.6 Å². The molecule has 1 amide bonds. The van der Waals surface area contributed by atoms with Gasteiger partial charge in [-0.25, -0.2) is 4.39 Å². The second kappa shape index (κ2) is 7.28. The van der Waals surface area contributed by atoms with Gasteiger partial charge in [-0.1, -0.05) is 29.4 Å². The molecule has 2 heterocycles. The predicted molar refractivity (Wildman–Crippen MR) is 96.9 cm³/mol. The van der Waals surface area contributed by atoms with E-state index in [2.05, 4.69) is 27.6 Å². The molecule has 0 saturated heterocycles. The van der Waals surface area contributed by atoms with Crippen molar-refractivity contribution in [2.45, 2.75) is 25.6 Å². The van der Waals surface area contributed by atoms with Crippen LogP contribution in [0, 0.1) is 5.82 Å². The van der Waals surface area contributed by atoms with E-state index in [1.54, 1.807) is 19.2 Å². The highest BCUT2D eigenvalue weighted by Gasteiger charge is 2.32. The summed E-state index contributed by atoms with van der Waals surface area (Å²) in [5.74, 6) is 0.465. The molecule has 1 atom stereocenters. The molecule has 0 spiro atoms. The largest absolute Gasteiger partial charge is 0.358 e. The maximum atomic E-state index is 13.1. The first-order chi connectivity index (χ1) is 13.1. The number of fused-ring (bicyclic) bond motifs is 1. The van der Waals surface area contributed by atoms with Crippen molar-refractivity contribution in [2.75, 3.05) is 7.05 Å². The Balaban J connectivity index is 1.57. The van der Waals surface area contributed by atoms with Crippen molar-refractivity contribution in [1.82, 2.24) is 20.4 Å². The summed E-state index contributed by atoms with van der Waals surface area (Å²) in [4.78, 5) is 18.8. The average molecular weight is 366 g/mol. The van der Waals surface area contributed by atoms with Gasteiger partial charge in [-0.3, -0.25) is 9.69 Å². The highest BCUT2D eigenvalue weighted by molar-refractivity contribution is 5.82. The monoisotopic (exact) mass is 366 g/mol. The van der Waals surface area contributed by atoms with Gasteiger partial charge in [0.2, 0.25) is 17.6 Å². The fourth-order valence-corrected chi connectivity index (χ4v) is 3.38. The molecular weight excluding hydrogens is 347 g/mol. The van der Waals surface area contributed by atoms with Gasteiger partial charge >= 0.3 is 0 Å². The highest BCUT2D eigenvalue weighted by atomic mass is 19.1. The van der Waals surface area contributed by atoms with Crippen LogP contribution in [0.2, 0.25) is 0 Å². The van der Waals surface area contributed by atoms with E-state index in [0.29, 0.717) is 36.8 Å². The van der Waals surface area contributed by atoms with E-state index in [9.17, 15) is 9.18 Å². The lowest BCUT2D eigenvalue weighted by molar-refractivity contribution is -0.127. The second-order valence-corrected chi connectivity index (χ2v) is 6.53. The zero-order valence-corrected chi connectivity index (χ0v) is 14.9. The van der Waals surface area contributed by atoms with E-state index in [1.807, 2.05) is 17.0 Å². The maximum Gasteiger partial charge on any atom is 0.241 e. The molecule has 0 fully saturated rings. The topological polar surface area (TPSA) is 71.3 Å². The minimum Gasteiger partial charge on any atom is -0.358 e. The molecule has 1 aliphatic rings. The number of amides is 1. The predicted octanol–water partition coefficient (Wildman–Crippen LogP) is 2.55. The van der Waals surface area contributed by atoms with Gasteiger partial charge in [0, 0.05) is 19.2 Å². The standard InChI is InChI=1S/C20H19FN4O2/c1-22-20(26)17-10-14-4-2-3-5-15(14)11-25(17)12-18-23-19(24-27-18)13-6-8-16(21)9-7-13/h2-9,17H,10-12H2,1H3,(H,22,26). The number of nitrogens with zero attached hydrogens (tertiary/aromatic N) is 3. The number of hydrogen-bond acceptors (Lipinski definition) is 5. The van der Waals surface area contributed by atoms with Gasteiger partial charge in [0.25, 0.3) is 0 Å². The number of hydrogen-bond donors (Lipinski definition) is 1. The number of aromatic nitrogens is 2. The number of benzene rings is 2. The van der Waals surface area contributed by atoms with E-state index in [4.69, 9.17) is 4.52 Å². The van der Waals surface area contributed by atoms with Crippen LogP contribution in [0.5, 0.6) is 0 Å². The average Bonchev–Trinajstić information content (AvgIpc) is 3.16. The Kier molecular flexibility index (Phi) is 4.68. The summed E-state index contributed by atoms with van der Waals surface area (Å²) in [6.45, 7) is 0.989. The van der Waals surface area contributed by atoms with Crippen LogP contribution in [-0.2, 0) is 24.3 Å². The summed E-state index contributed by atoms with van der Waals surface area (Å²) in [7, 11) is 1.64. The Bertz CT molecular complexity index is 955. The number of nitrogens with one attached hydrogen (secondary N) is 1.